The van der Waals surface area contributed by atoms with Crippen LogP contribution < -0.4 is 10.6 Å². The minimum atomic E-state index is -0.247. The van der Waals surface area contributed by atoms with E-state index in [2.05, 4.69) is 27.8 Å². The highest BCUT2D eigenvalue weighted by Gasteiger charge is 2.12. The number of pyridine rings is 1. The Hall–Kier alpha value is -2.89. The Morgan fingerprint density at radius 3 is 2.57 bits per heavy atom. The Morgan fingerprint density at radius 2 is 1.89 bits per heavy atom. The largest absolute Gasteiger partial charge is 0.396 e. The molecule has 0 saturated heterocycles. The fraction of sp³-hybridized carbons (Fsp3) is 0.182. The summed E-state index contributed by atoms with van der Waals surface area (Å²) < 4.78 is 0. The van der Waals surface area contributed by atoms with E-state index < -0.39 is 0 Å². The maximum atomic E-state index is 12.3. The second kappa shape index (κ2) is 9.88. The summed E-state index contributed by atoms with van der Waals surface area (Å²) in [6.45, 7) is 0.767. The predicted octanol–water partition coefficient (Wildman–Crippen LogP) is 4.57. The smallest absolute Gasteiger partial charge is 0.257 e. The molecule has 0 bridgehead atoms. The molecule has 0 spiro atoms. The first kappa shape index (κ1) is 19.9. The number of benzene rings is 2. The highest BCUT2D eigenvalue weighted by molar-refractivity contribution is 6.30. The Labute approximate surface area is 169 Å². The van der Waals surface area contributed by atoms with Crippen molar-refractivity contribution in [3.8, 4) is 0 Å². The summed E-state index contributed by atoms with van der Waals surface area (Å²) in [7, 11) is 0. The standard InChI is InChI=1S/C22H22ClN3O2/c23-19-7-4-8-20(13-19)26-22(28)18-9-10-21(25-15-18)24-14-17(11-12-27)16-5-2-1-3-6-16/h1-10,13,15,17,27H,11-12,14H2,(H,24,25)(H,26,28). The Bertz CT molecular complexity index is 901. The molecule has 0 aliphatic rings. The number of amides is 1. The van der Waals surface area contributed by atoms with Crippen LogP contribution >= 0.6 is 11.6 Å². The average Bonchev–Trinajstić information content (AvgIpc) is 2.72. The van der Waals surface area contributed by atoms with Gasteiger partial charge in [0.2, 0.25) is 0 Å². The van der Waals surface area contributed by atoms with E-state index in [1.54, 1.807) is 36.4 Å². The molecular weight excluding hydrogens is 374 g/mol. The maximum absolute atomic E-state index is 12.3. The third-order valence-corrected chi connectivity index (χ3v) is 4.62. The Balaban J connectivity index is 1.59. The van der Waals surface area contributed by atoms with E-state index in [-0.39, 0.29) is 18.4 Å². The first-order valence-electron chi connectivity index (χ1n) is 9.08. The SMILES string of the molecule is O=C(Nc1cccc(Cl)c1)c1ccc(NCC(CCO)c2ccccc2)nc1. The van der Waals surface area contributed by atoms with Crippen molar-refractivity contribution in [1.82, 2.24) is 4.98 Å². The van der Waals surface area contributed by atoms with Crippen molar-refractivity contribution in [1.29, 1.82) is 0 Å². The molecule has 6 heteroatoms. The van der Waals surface area contributed by atoms with Crippen LogP contribution in [0.4, 0.5) is 11.5 Å². The normalized spacial score (nSPS) is 11.6. The summed E-state index contributed by atoms with van der Waals surface area (Å²) in [6.07, 6.45) is 2.20. The fourth-order valence-electron chi connectivity index (χ4n) is 2.90. The van der Waals surface area contributed by atoms with Crippen LogP contribution in [0.15, 0.2) is 72.9 Å². The zero-order valence-corrected chi connectivity index (χ0v) is 16.1. The van der Waals surface area contributed by atoms with E-state index in [0.717, 1.165) is 0 Å². The van der Waals surface area contributed by atoms with Gasteiger partial charge in [0.1, 0.15) is 5.82 Å². The van der Waals surface area contributed by atoms with E-state index in [1.807, 2.05) is 18.2 Å². The molecule has 3 rings (SSSR count). The van der Waals surface area contributed by atoms with Crippen LogP contribution in [0.25, 0.3) is 0 Å². The lowest BCUT2D eigenvalue weighted by Gasteiger charge is -2.17. The molecule has 1 aromatic heterocycles. The highest BCUT2D eigenvalue weighted by Crippen LogP contribution is 2.20. The number of aromatic nitrogens is 1. The van der Waals surface area contributed by atoms with Crippen molar-refractivity contribution < 1.29 is 9.90 Å². The van der Waals surface area contributed by atoms with E-state index >= 15 is 0 Å². The topological polar surface area (TPSA) is 74.2 Å². The number of aliphatic hydroxyl groups is 1. The number of carbonyl (C=O) groups excluding carboxylic acids is 1. The number of rotatable bonds is 8. The third-order valence-electron chi connectivity index (χ3n) is 4.39. The minimum absolute atomic E-state index is 0.122. The van der Waals surface area contributed by atoms with Crippen molar-refractivity contribution in [3.63, 3.8) is 0 Å². The van der Waals surface area contributed by atoms with Gasteiger partial charge < -0.3 is 15.7 Å². The number of aliphatic hydroxyl groups excluding tert-OH is 1. The lowest BCUT2D eigenvalue weighted by molar-refractivity contribution is 0.102. The fourth-order valence-corrected chi connectivity index (χ4v) is 3.09. The molecule has 0 aliphatic carbocycles. The van der Waals surface area contributed by atoms with Gasteiger partial charge in [-0.2, -0.15) is 0 Å². The van der Waals surface area contributed by atoms with Crippen molar-refractivity contribution >= 4 is 29.0 Å². The van der Waals surface area contributed by atoms with E-state index in [1.165, 1.54) is 11.8 Å². The van der Waals surface area contributed by atoms with Gasteiger partial charge in [-0.1, -0.05) is 48.0 Å². The lowest BCUT2D eigenvalue weighted by Crippen LogP contribution is -2.16. The zero-order valence-electron chi connectivity index (χ0n) is 15.3. The number of nitrogens with zero attached hydrogens (tertiary/aromatic N) is 1. The molecule has 3 aromatic rings. The minimum Gasteiger partial charge on any atom is -0.396 e. The van der Waals surface area contributed by atoms with Gasteiger partial charge in [-0.25, -0.2) is 4.98 Å². The number of carbonyl (C=O) groups is 1. The average molecular weight is 396 g/mol. The highest BCUT2D eigenvalue weighted by atomic mass is 35.5. The second-order valence-electron chi connectivity index (χ2n) is 6.40. The molecule has 0 fully saturated rings. The van der Waals surface area contributed by atoms with Gasteiger partial charge in [0, 0.05) is 36.0 Å². The molecule has 0 radical (unpaired) electrons. The van der Waals surface area contributed by atoms with Gasteiger partial charge in [0.25, 0.3) is 5.91 Å². The van der Waals surface area contributed by atoms with Crippen LogP contribution in [-0.4, -0.2) is 29.1 Å². The van der Waals surface area contributed by atoms with Gasteiger partial charge in [0.15, 0.2) is 0 Å². The zero-order chi connectivity index (χ0) is 19.8. The predicted molar refractivity (Wildman–Crippen MR) is 113 cm³/mol. The Kier molecular flexibility index (Phi) is 7.00. The third kappa shape index (κ3) is 5.55. The van der Waals surface area contributed by atoms with Crippen molar-refractivity contribution in [2.75, 3.05) is 23.8 Å². The molecule has 28 heavy (non-hydrogen) atoms. The maximum Gasteiger partial charge on any atom is 0.257 e. The lowest BCUT2D eigenvalue weighted by atomic mass is 9.96. The van der Waals surface area contributed by atoms with Gasteiger partial charge >= 0.3 is 0 Å². The van der Waals surface area contributed by atoms with Gasteiger partial charge in [-0.3, -0.25) is 4.79 Å². The molecule has 1 atom stereocenters. The monoisotopic (exact) mass is 395 g/mol. The van der Waals surface area contributed by atoms with Crippen molar-refractivity contribution in [3.05, 3.63) is 89.1 Å². The quantitative estimate of drug-likeness (QED) is 0.522. The molecule has 144 valence electrons. The van der Waals surface area contributed by atoms with Crippen molar-refractivity contribution in [2.24, 2.45) is 0 Å². The molecule has 1 heterocycles. The van der Waals surface area contributed by atoms with Gasteiger partial charge in [0.05, 0.1) is 5.56 Å². The summed E-state index contributed by atoms with van der Waals surface area (Å²) in [4.78, 5) is 16.7. The number of hydrogen-bond acceptors (Lipinski definition) is 4. The van der Waals surface area contributed by atoms with Gasteiger partial charge in [-0.15, -0.1) is 0 Å². The summed E-state index contributed by atoms with van der Waals surface area (Å²) in [5.74, 6) is 0.612. The van der Waals surface area contributed by atoms with Crippen LogP contribution in [-0.2, 0) is 0 Å². The molecule has 0 saturated carbocycles. The van der Waals surface area contributed by atoms with Crippen LogP contribution in [0, 0.1) is 0 Å². The number of halogens is 1. The van der Waals surface area contributed by atoms with Crippen LogP contribution in [0.3, 0.4) is 0 Å². The number of hydrogen-bond donors (Lipinski definition) is 3. The summed E-state index contributed by atoms with van der Waals surface area (Å²) >= 11 is 5.93. The van der Waals surface area contributed by atoms with Crippen LogP contribution in [0.1, 0.15) is 28.3 Å². The molecule has 3 N–H and O–H groups in total. The van der Waals surface area contributed by atoms with E-state index in [4.69, 9.17) is 11.6 Å². The van der Waals surface area contributed by atoms with Gasteiger partial charge in [-0.05, 0) is 42.3 Å². The Morgan fingerprint density at radius 1 is 1.07 bits per heavy atom. The van der Waals surface area contributed by atoms with E-state index in [0.29, 0.717) is 35.1 Å². The number of nitrogens with one attached hydrogen (secondary N) is 2. The molecule has 2 aromatic carbocycles. The van der Waals surface area contributed by atoms with Crippen LogP contribution in [0.5, 0.6) is 0 Å². The molecule has 5 nitrogen and oxygen atoms in total. The second-order valence-corrected chi connectivity index (χ2v) is 6.83. The molecule has 1 amide bonds. The first-order chi connectivity index (χ1) is 13.7. The summed E-state index contributed by atoms with van der Waals surface area (Å²) in [5, 5.41) is 16.0. The number of anilines is 2. The van der Waals surface area contributed by atoms with Crippen molar-refractivity contribution in [2.45, 2.75) is 12.3 Å². The molecule has 1 unspecified atom stereocenters. The summed E-state index contributed by atoms with van der Waals surface area (Å²) in [6, 6.07) is 20.5. The molecule has 0 aliphatic heterocycles. The van der Waals surface area contributed by atoms with E-state index in [9.17, 15) is 9.90 Å². The molecular formula is C22H22ClN3O2. The summed E-state index contributed by atoms with van der Waals surface area (Å²) in [5.41, 5.74) is 2.26. The van der Waals surface area contributed by atoms with Crippen LogP contribution in [0.2, 0.25) is 5.02 Å². The first-order valence-corrected chi connectivity index (χ1v) is 9.46.